The van der Waals surface area contributed by atoms with E-state index in [9.17, 15) is 13.2 Å². The molecule has 0 aromatic heterocycles. The van der Waals surface area contributed by atoms with Crippen LogP contribution in [0.3, 0.4) is 0 Å². The van der Waals surface area contributed by atoms with Crippen molar-refractivity contribution in [3.8, 4) is 0 Å². The fourth-order valence-electron chi connectivity index (χ4n) is 2.58. The lowest BCUT2D eigenvalue weighted by Crippen LogP contribution is -2.34. The molecule has 2 rings (SSSR count). The molecule has 0 aliphatic carbocycles. The van der Waals surface area contributed by atoms with Crippen LogP contribution in [0.5, 0.6) is 0 Å². The van der Waals surface area contributed by atoms with Crippen molar-refractivity contribution in [2.24, 2.45) is 0 Å². The van der Waals surface area contributed by atoms with Gasteiger partial charge in [0.05, 0.1) is 16.2 Å². The lowest BCUT2D eigenvalue weighted by molar-refractivity contribution is 0.0696. The van der Waals surface area contributed by atoms with Gasteiger partial charge in [-0.25, -0.2) is 13.2 Å². The second kappa shape index (κ2) is 6.58. The summed E-state index contributed by atoms with van der Waals surface area (Å²) in [4.78, 5) is 13.4. The molecular formula is C15H21NO4S. The first-order valence-corrected chi connectivity index (χ1v) is 8.84. The predicted molar refractivity (Wildman–Crippen MR) is 80.5 cm³/mol. The van der Waals surface area contributed by atoms with Crippen LogP contribution in [0, 0.1) is 6.92 Å². The largest absolute Gasteiger partial charge is 0.478 e. The minimum absolute atomic E-state index is 0.0368. The van der Waals surface area contributed by atoms with E-state index < -0.39 is 15.8 Å². The SMILES string of the molecule is Cc1ccc(S(=O)(=O)CCN2CCCCC2)cc1C(=O)O. The molecule has 0 unspecified atom stereocenters. The number of aromatic carboxylic acids is 1. The van der Waals surface area contributed by atoms with Crippen molar-refractivity contribution in [1.82, 2.24) is 4.90 Å². The first kappa shape index (κ1) is 16.0. The molecule has 1 aromatic carbocycles. The van der Waals surface area contributed by atoms with Crippen LogP contribution in [0.15, 0.2) is 23.1 Å². The van der Waals surface area contributed by atoms with Gasteiger partial charge in [-0.1, -0.05) is 12.5 Å². The third kappa shape index (κ3) is 4.04. The van der Waals surface area contributed by atoms with Crippen molar-refractivity contribution in [1.29, 1.82) is 0 Å². The van der Waals surface area contributed by atoms with Crippen molar-refractivity contribution in [3.63, 3.8) is 0 Å². The summed E-state index contributed by atoms with van der Waals surface area (Å²) in [6, 6.07) is 4.31. The van der Waals surface area contributed by atoms with Crippen LogP contribution in [0.1, 0.15) is 35.2 Å². The number of hydrogen-bond donors (Lipinski definition) is 1. The average Bonchev–Trinajstić information content (AvgIpc) is 2.46. The molecule has 0 radical (unpaired) electrons. The summed E-state index contributed by atoms with van der Waals surface area (Å²) in [7, 11) is -3.44. The molecule has 1 N–H and O–H groups in total. The number of nitrogens with zero attached hydrogens (tertiary/aromatic N) is 1. The van der Waals surface area contributed by atoms with E-state index in [4.69, 9.17) is 5.11 Å². The van der Waals surface area contributed by atoms with Gasteiger partial charge in [0.25, 0.3) is 0 Å². The third-order valence-corrected chi connectivity index (χ3v) is 5.62. The molecule has 5 nitrogen and oxygen atoms in total. The van der Waals surface area contributed by atoms with Crippen LogP contribution >= 0.6 is 0 Å². The van der Waals surface area contributed by atoms with Crippen LogP contribution in [-0.4, -0.2) is 49.8 Å². The first-order chi connectivity index (χ1) is 9.90. The van der Waals surface area contributed by atoms with Crippen LogP contribution in [-0.2, 0) is 9.84 Å². The summed E-state index contributed by atoms with van der Waals surface area (Å²) in [5.41, 5.74) is 0.617. The number of piperidine rings is 1. The molecule has 6 heteroatoms. The molecule has 21 heavy (non-hydrogen) atoms. The summed E-state index contributed by atoms with van der Waals surface area (Å²) in [6.07, 6.45) is 3.45. The molecule has 1 aromatic rings. The smallest absolute Gasteiger partial charge is 0.335 e. The van der Waals surface area contributed by atoms with Gasteiger partial charge in [-0.3, -0.25) is 0 Å². The number of carbonyl (C=O) groups is 1. The summed E-state index contributed by atoms with van der Waals surface area (Å²) >= 11 is 0. The Morgan fingerprint density at radius 3 is 2.52 bits per heavy atom. The summed E-state index contributed by atoms with van der Waals surface area (Å²) in [5.74, 6) is -1.06. The van der Waals surface area contributed by atoms with Crippen molar-refractivity contribution < 1.29 is 18.3 Å². The van der Waals surface area contributed by atoms with Crippen LogP contribution < -0.4 is 0 Å². The summed E-state index contributed by atoms with van der Waals surface area (Å²) in [5, 5.41) is 9.09. The van der Waals surface area contributed by atoms with Gasteiger partial charge in [0, 0.05) is 6.54 Å². The summed E-state index contributed by atoms with van der Waals surface area (Å²) < 4.78 is 24.7. The van der Waals surface area contributed by atoms with E-state index in [2.05, 4.69) is 4.90 Å². The maximum absolute atomic E-state index is 12.3. The average molecular weight is 311 g/mol. The highest BCUT2D eigenvalue weighted by molar-refractivity contribution is 7.91. The van der Waals surface area contributed by atoms with E-state index in [0.717, 1.165) is 25.9 Å². The van der Waals surface area contributed by atoms with Crippen molar-refractivity contribution >= 4 is 15.8 Å². The fraction of sp³-hybridized carbons (Fsp3) is 0.533. The third-order valence-electron chi connectivity index (χ3n) is 3.92. The second-order valence-electron chi connectivity index (χ2n) is 5.50. The highest BCUT2D eigenvalue weighted by Crippen LogP contribution is 2.18. The Morgan fingerprint density at radius 1 is 1.24 bits per heavy atom. The predicted octanol–water partition coefficient (Wildman–Crippen LogP) is 1.95. The Morgan fingerprint density at radius 2 is 1.90 bits per heavy atom. The Labute approximate surface area is 125 Å². The first-order valence-electron chi connectivity index (χ1n) is 7.19. The zero-order valence-electron chi connectivity index (χ0n) is 12.2. The Balaban J connectivity index is 2.11. The minimum atomic E-state index is -3.44. The summed E-state index contributed by atoms with van der Waals surface area (Å²) in [6.45, 7) is 4.07. The molecule has 0 bridgehead atoms. The number of carboxylic acids is 1. The Bertz CT molecular complexity index is 619. The molecule has 1 heterocycles. The standard InChI is InChI=1S/C15H21NO4S/c1-12-5-6-13(11-14(12)15(17)18)21(19,20)10-9-16-7-3-2-4-8-16/h5-6,11H,2-4,7-10H2,1H3,(H,17,18). The highest BCUT2D eigenvalue weighted by atomic mass is 32.2. The molecule has 0 amide bonds. The molecule has 0 atom stereocenters. The zero-order chi connectivity index (χ0) is 15.5. The van der Waals surface area contributed by atoms with Gasteiger partial charge in [-0.2, -0.15) is 0 Å². The minimum Gasteiger partial charge on any atom is -0.478 e. The molecule has 116 valence electrons. The van der Waals surface area contributed by atoms with E-state index in [1.54, 1.807) is 13.0 Å². The van der Waals surface area contributed by atoms with Crippen LogP contribution in [0.2, 0.25) is 0 Å². The number of sulfone groups is 1. The molecular weight excluding hydrogens is 290 g/mol. The molecule has 0 saturated carbocycles. The monoisotopic (exact) mass is 311 g/mol. The number of aryl methyl sites for hydroxylation is 1. The Kier molecular flexibility index (Phi) is 5.00. The fourth-order valence-corrected chi connectivity index (χ4v) is 3.88. The topological polar surface area (TPSA) is 74.7 Å². The number of rotatable bonds is 5. The maximum Gasteiger partial charge on any atom is 0.335 e. The van der Waals surface area contributed by atoms with Crippen LogP contribution in [0.4, 0.5) is 0 Å². The number of likely N-dealkylation sites (tertiary alicyclic amines) is 1. The number of hydrogen-bond acceptors (Lipinski definition) is 4. The lowest BCUT2D eigenvalue weighted by Gasteiger charge is -2.26. The van der Waals surface area contributed by atoms with Crippen molar-refractivity contribution in [3.05, 3.63) is 29.3 Å². The molecule has 1 fully saturated rings. The molecule has 1 aliphatic rings. The van der Waals surface area contributed by atoms with Gasteiger partial charge in [0.1, 0.15) is 0 Å². The molecule has 0 spiro atoms. The molecule has 1 saturated heterocycles. The highest BCUT2D eigenvalue weighted by Gasteiger charge is 2.20. The number of carboxylic acid groups (broad SMARTS) is 1. The van der Waals surface area contributed by atoms with E-state index >= 15 is 0 Å². The lowest BCUT2D eigenvalue weighted by atomic mass is 10.1. The van der Waals surface area contributed by atoms with Crippen molar-refractivity contribution in [2.75, 3.05) is 25.4 Å². The van der Waals surface area contributed by atoms with E-state index in [-0.39, 0.29) is 16.2 Å². The Hall–Kier alpha value is -1.40. The maximum atomic E-state index is 12.3. The van der Waals surface area contributed by atoms with Gasteiger partial charge >= 0.3 is 5.97 Å². The zero-order valence-corrected chi connectivity index (χ0v) is 13.0. The number of benzene rings is 1. The van der Waals surface area contributed by atoms with E-state index in [0.29, 0.717) is 12.1 Å². The normalized spacial score (nSPS) is 16.8. The second-order valence-corrected chi connectivity index (χ2v) is 7.61. The van der Waals surface area contributed by atoms with Gasteiger partial charge in [0.15, 0.2) is 9.84 Å². The molecule has 1 aliphatic heterocycles. The van der Waals surface area contributed by atoms with Gasteiger partial charge in [-0.05, 0) is 50.6 Å². The van der Waals surface area contributed by atoms with Gasteiger partial charge in [-0.15, -0.1) is 0 Å². The van der Waals surface area contributed by atoms with Gasteiger partial charge < -0.3 is 10.0 Å². The quantitative estimate of drug-likeness (QED) is 0.899. The van der Waals surface area contributed by atoms with Crippen LogP contribution in [0.25, 0.3) is 0 Å². The van der Waals surface area contributed by atoms with E-state index in [1.807, 2.05) is 0 Å². The van der Waals surface area contributed by atoms with E-state index in [1.165, 1.54) is 18.6 Å². The van der Waals surface area contributed by atoms with Crippen molar-refractivity contribution in [2.45, 2.75) is 31.1 Å². The van der Waals surface area contributed by atoms with Gasteiger partial charge in [0.2, 0.25) is 0 Å².